The monoisotopic (exact) mass is 337 g/mol. The van der Waals surface area contributed by atoms with Crippen LogP contribution in [0.5, 0.6) is 0 Å². The van der Waals surface area contributed by atoms with Gasteiger partial charge in [-0.15, -0.1) is 0 Å². The summed E-state index contributed by atoms with van der Waals surface area (Å²) in [4.78, 5) is 20.5. The molecule has 0 radical (unpaired) electrons. The number of halogens is 3. The molecule has 0 spiro atoms. The maximum atomic E-state index is 13.0. The lowest BCUT2D eigenvalue weighted by atomic mass is 10.1. The molecular formula is C12H10F3NO5S. The summed E-state index contributed by atoms with van der Waals surface area (Å²) in [7, 11) is -5.04. The SMILES string of the molecule is CCCOC(=O)c1cccc(C(F)(F)F)c1S(=O)(=O)N=C=O. The van der Waals surface area contributed by atoms with Crippen molar-refractivity contribution in [2.45, 2.75) is 24.4 Å². The molecule has 1 rings (SSSR count). The average Bonchev–Trinajstić information content (AvgIpc) is 2.43. The largest absolute Gasteiger partial charge is 0.462 e. The molecule has 0 aliphatic heterocycles. The van der Waals surface area contributed by atoms with Crippen LogP contribution in [-0.4, -0.2) is 27.1 Å². The highest BCUT2D eigenvalue weighted by molar-refractivity contribution is 7.90. The van der Waals surface area contributed by atoms with E-state index in [1.165, 1.54) is 0 Å². The maximum Gasteiger partial charge on any atom is 0.417 e. The lowest BCUT2D eigenvalue weighted by molar-refractivity contribution is -0.139. The van der Waals surface area contributed by atoms with Gasteiger partial charge in [0.25, 0.3) is 16.1 Å². The smallest absolute Gasteiger partial charge is 0.417 e. The van der Waals surface area contributed by atoms with Gasteiger partial charge in [0.15, 0.2) is 0 Å². The molecule has 6 nitrogen and oxygen atoms in total. The molecule has 0 saturated carbocycles. The zero-order valence-corrected chi connectivity index (χ0v) is 12.0. The van der Waals surface area contributed by atoms with E-state index >= 15 is 0 Å². The number of rotatable bonds is 5. The summed E-state index contributed by atoms with van der Waals surface area (Å²) in [5.74, 6) is -1.26. The van der Waals surface area contributed by atoms with Gasteiger partial charge in [0.2, 0.25) is 0 Å². The summed E-state index contributed by atoms with van der Waals surface area (Å²) < 4.78 is 69.4. The second kappa shape index (κ2) is 6.71. The number of alkyl halides is 3. The summed E-state index contributed by atoms with van der Waals surface area (Å²) >= 11 is 0. The number of benzene rings is 1. The van der Waals surface area contributed by atoms with Crippen LogP contribution in [0.15, 0.2) is 27.5 Å². The predicted octanol–water partition coefficient (Wildman–Crippen LogP) is 2.30. The van der Waals surface area contributed by atoms with Crippen molar-refractivity contribution in [3.8, 4) is 0 Å². The molecule has 0 fully saturated rings. The molecule has 0 unspecified atom stereocenters. The minimum Gasteiger partial charge on any atom is -0.462 e. The third kappa shape index (κ3) is 3.92. The van der Waals surface area contributed by atoms with E-state index in [0.717, 1.165) is 12.1 Å². The molecule has 0 amide bonds. The van der Waals surface area contributed by atoms with Crippen molar-refractivity contribution >= 4 is 22.1 Å². The van der Waals surface area contributed by atoms with E-state index < -0.39 is 38.2 Å². The predicted molar refractivity (Wildman–Crippen MR) is 67.3 cm³/mol. The Balaban J connectivity index is 3.66. The molecule has 0 saturated heterocycles. The topological polar surface area (TPSA) is 89.9 Å². The van der Waals surface area contributed by atoms with Gasteiger partial charge in [-0.2, -0.15) is 21.6 Å². The molecule has 0 bridgehead atoms. The van der Waals surface area contributed by atoms with Crippen molar-refractivity contribution in [3.05, 3.63) is 29.3 Å². The van der Waals surface area contributed by atoms with Crippen LogP contribution in [0.2, 0.25) is 0 Å². The molecular weight excluding hydrogens is 327 g/mol. The molecule has 1 aromatic carbocycles. The highest BCUT2D eigenvalue weighted by atomic mass is 32.2. The minimum atomic E-state index is -5.07. The van der Waals surface area contributed by atoms with Crippen molar-refractivity contribution < 1.29 is 35.9 Å². The Morgan fingerprint density at radius 1 is 1.36 bits per heavy atom. The molecule has 0 N–H and O–H groups in total. The van der Waals surface area contributed by atoms with Crippen LogP contribution in [0, 0.1) is 0 Å². The third-order valence-corrected chi connectivity index (χ3v) is 3.66. The van der Waals surface area contributed by atoms with Gasteiger partial charge in [0, 0.05) is 0 Å². The van der Waals surface area contributed by atoms with Crippen LogP contribution in [0.1, 0.15) is 29.3 Å². The number of isocyanates is 1. The molecule has 1 aromatic rings. The van der Waals surface area contributed by atoms with Gasteiger partial charge >= 0.3 is 12.1 Å². The maximum absolute atomic E-state index is 13.0. The highest BCUT2D eigenvalue weighted by Crippen LogP contribution is 2.36. The van der Waals surface area contributed by atoms with Crippen molar-refractivity contribution in [2.24, 2.45) is 4.40 Å². The number of hydrogen-bond donors (Lipinski definition) is 0. The molecule has 0 aromatic heterocycles. The molecule has 0 heterocycles. The minimum absolute atomic E-state index is 0.106. The van der Waals surface area contributed by atoms with E-state index in [1.54, 1.807) is 6.92 Å². The summed E-state index contributed by atoms with van der Waals surface area (Å²) in [5.41, 5.74) is -2.46. The third-order valence-electron chi connectivity index (χ3n) is 2.39. The summed E-state index contributed by atoms with van der Waals surface area (Å²) in [5, 5.41) is 0. The first kappa shape index (κ1) is 17.9. The molecule has 120 valence electrons. The Morgan fingerprint density at radius 3 is 2.50 bits per heavy atom. The van der Waals surface area contributed by atoms with Gasteiger partial charge in [-0.3, -0.25) is 0 Å². The van der Waals surface area contributed by atoms with Gasteiger partial charge in [0.1, 0.15) is 4.90 Å². The summed E-state index contributed by atoms with van der Waals surface area (Å²) in [6, 6.07) is 2.17. The molecule has 22 heavy (non-hydrogen) atoms. The highest BCUT2D eigenvalue weighted by Gasteiger charge is 2.40. The summed E-state index contributed by atoms with van der Waals surface area (Å²) in [6.07, 6.45) is -4.02. The standard InChI is InChI=1S/C12H10F3NO5S/c1-2-6-21-11(18)8-4-3-5-9(12(13,14)15)10(8)22(19,20)16-7-17/h3-5H,2,6H2,1H3. The first-order valence-corrected chi connectivity index (χ1v) is 7.30. The number of esters is 1. The van der Waals surface area contributed by atoms with Gasteiger partial charge in [-0.05, 0) is 18.6 Å². The van der Waals surface area contributed by atoms with E-state index in [1.807, 2.05) is 0 Å². The zero-order chi connectivity index (χ0) is 17.0. The first-order chi connectivity index (χ1) is 10.1. The fraction of sp³-hybridized carbons (Fsp3) is 0.333. The van der Waals surface area contributed by atoms with Crippen molar-refractivity contribution in [2.75, 3.05) is 6.61 Å². The lowest BCUT2D eigenvalue weighted by Crippen LogP contribution is -2.18. The number of carbonyl (C=O) groups excluding carboxylic acids is 2. The quantitative estimate of drug-likeness (QED) is 0.467. The second-order valence-corrected chi connectivity index (χ2v) is 5.51. The van der Waals surface area contributed by atoms with Crippen LogP contribution in [0.25, 0.3) is 0 Å². The van der Waals surface area contributed by atoms with Crippen molar-refractivity contribution in [1.82, 2.24) is 0 Å². The Hall–Kier alpha value is -2.19. The molecule has 0 atom stereocenters. The van der Waals surface area contributed by atoms with Gasteiger partial charge in [0.05, 0.1) is 17.7 Å². The van der Waals surface area contributed by atoms with Crippen LogP contribution in [0.3, 0.4) is 0 Å². The first-order valence-electron chi connectivity index (χ1n) is 5.86. The average molecular weight is 337 g/mol. The van der Waals surface area contributed by atoms with Crippen LogP contribution in [-0.2, 0) is 25.7 Å². The van der Waals surface area contributed by atoms with Gasteiger partial charge < -0.3 is 4.74 Å². The Labute approximate surface area is 123 Å². The number of sulfonamides is 1. The van der Waals surface area contributed by atoms with E-state index in [4.69, 9.17) is 0 Å². The summed E-state index contributed by atoms with van der Waals surface area (Å²) in [6.45, 7) is 1.54. The van der Waals surface area contributed by atoms with E-state index in [0.29, 0.717) is 18.6 Å². The Kier molecular flexibility index (Phi) is 5.45. The molecule has 0 aliphatic rings. The number of nitrogens with zero attached hydrogens (tertiary/aromatic N) is 1. The van der Waals surface area contributed by atoms with Crippen molar-refractivity contribution in [1.29, 1.82) is 0 Å². The molecule has 10 heteroatoms. The Morgan fingerprint density at radius 2 is 2.00 bits per heavy atom. The van der Waals surface area contributed by atoms with E-state index in [-0.39, 0.29) is 6.61 Å². The van der Waals surface area contributed by atoms with E-state index in [2.05, 4.69) is 9.13 Å². The fourth-order valence-corrected chi connectivity index (χ4v) is 2.65. The number of carbonyl (C=O) groups is 1. The van der Waals surface area contributed by atoms with Gasteiger partial charge in [-0.1, -0.05) is 17.4 Å². The second-order valence-electron chi connectivity index (χ2n) is 3.97. The van der Waals surface area contributed by atoms with Crippen LogP contribution in [0.4, 0.5) is 13.2 Å². The van der Waals surface area contributed by atoms with E-state index in [9.17, 15) is 31.2 Å². The zero-order valence-electron chi connectivity index (χ0n) is 11.2. The number of hydrogen-bond acceptors (Lipinski definition) is 5. The van der Waals surface area contributed by atoms with Crippen LogP contribution >= 0.6 is 0 Å². The lowest BCUT2D eigenvalue weighted by Gasteiger charge is -2.14. The van der Waals surface area contributed by atoms with Crippen molar-refractivity contribution in [3.63, 3.8) is 0 Å². The van der Waals surface area contributed by atoms with Gasteiger partial charge in [-0.25, -0.2) is 9.59 Å². The number of ether oxygens (including phenoxy) is 1. The Bertz CT molecular complexity index is 721. The normalized spacial score (nSPS) is 11.6. The van der Waals surface area contributed by atoms with Crippen LogP contribution < -0.4 is 0 Å². The fourth-order valence-electron chi connectivity index (χ4n) is 1.57. The molecule has 0 aliphatic carbocycles.